The second-order valence-corrected chi connectivity index (χ2v) is 14.0. The van der Waals surface area contributed by atoms with Crippen molar-refractivity contribution in [2.75, 3.05) is 0 Å². The van der Waals surface area contributed by atoms with Crippen LogP contribution in [0.15, 0.2) is 156 Å². The van der Waals surface area contributed by atoms with Gasteiger partial charge in [0.2, 0.25) is 0 Å². The third-order valence-corrected chi connectivity index (χ3v) is 11.3. The molecule has 7 aromatic carbocycles. The summed E-state index contributed by atoms with van der Waals surface area (Å²) in [4.78, 5) is 10.9. The lowest BCUT2D eigenvalue weighted by Crippen LogP contribution is -1.98. The van der Waals surface area contributed by atoms with E-state index in [0.29, 0.717) is 0 Å². The molecule has 48 heavy (non-hydrogen) atoms. The summed E-state index contributed by atoms with van der Waals surface area (Å²) in [7, 11) is 0. The number of hydrogen-bond acceptors (Lipinski definition) is 4. The summed E-state index contributed by atoms with van der Waals surface area (Å²) in [6.07, 6.45) is 2.00. The molecule has 0 atom stereocenters. The van der Waals surface area contributed by atoms with Crippen molar-refractivity contribution in [1.29, 1.82) is 0 Å². The second-order valence-electron chi connectivity index (χ2n) is 12.1. The zero-order valence-electron chi connectivity index (χ0n) is 25.7. The molecule has 10 aromatic rings. The smallest absolute Gasteiger partial charge is 0.0979 e. The minimum absolute atomic E-state index is 0.866. The molecule has 2 nitrogen and oxygen atoms in total. The molecule has 0 radical (unpaired) electrons. The topological polar surface area (TPSA) is 25.8 Å². The van der Waals surface area contributed by atoms with Gasteiger partial charge >= 0.3 is 0 Å². The Morgan fingerprint density at radius 1 is 0.375 bits per heavy atom. The fraction of sp³-hybridized carbons (Fsp3) is 0. The molecule has 0 spiro atoms. The zero-order chi connectivity index (χ0) is 31.6. The molecular formula is C44H26N2S2. The van der Waals surface area contributed by atoms with Gasteiger partial charge in [-0.3, -0.25) is 4.98 Å². The largest absolute Gasteiger partial charge is 0.252 e. The minimum atomic E-state index is 0.866. The van der Waals surface area contributed by atoms with E-state index in [-0.39, 0.29) is 0 Å². The van der Waals surface area contributed by atoms with Crippen molar-refractivity contribution in [3.05, 3.63) is 156 Å². The molecule has 0 fully saturated rings. The monoisotopic (exact) mass is 646 g/mol. The van der Waals surface area contributed by atoms with E-state index in [1.807, 2.05) is 6.20 Å². The Morgan fingerprint density at radius 2 is 0.958 bits per heavy atom. The highest BCUT2D eigenvalue weighted by Crippen LogP contribution is 2.49. The Balaban J connectivity index is 1.40. The SMILES string of the molecule is c1ccc(-c2ccc(-c3cccc4sccc34)c(-c3cnc4c5ccccc5c5ccccc5c4n3)c2-c2cccc3sccc23)cc1. The van der Waals surface area contributed by atoms with Crippen LogP contribution in [-0.4, -0.2) is 9.97 Å². The van der Waals surface area contributed by atoms with E-state index in [1.165, 1.54) is 58.8 Å². The van der Waals surface area contributed by atoms with Crippen LogP contribution in [0.3, 0.4) is 0 Å². The molecular weight excluding hydrogens is 621 g/mol. The lowest BCUT2D eigenvalue weighted by Gasteiger charge is -2.21. The van der Waals surface area contributed by atoms with Crippen molar-refractivity contribution in [3.8, 4) is 44.6 Å². The summed E-state index contributed by atoms with van der Waals surface area (Å²) in [5, 5.41) is 11.5. The first-order valence-electron chi connectivity index (χ1n) is 16.1. The molecule has 3 aromatic heterocycles. The standard InChI is InChI=1S/C44H26N2S2/c1-2-10-27(11-3-1)28-20-21-35(31-16-8-18-39-32(31)22-24-47-39)42(41(28)34-17-9-19-40-33(34)23-25-48-40)38-26-45-43-36-14-6-4-12-29(36)30-13-5-7-15-37(30)44(43)46-38/h1-26H. The van der Waals surface area contributed by atoms with Gasteiger partial charge in [0.15, 0.2) is 0 Å². The molecule has 0 aliphatic carbocycles. The Hall–Kier alpha value is -5.68. The second kappa shape index (κ2) is 11.0. The fourth-order valence-electron chi connectivity index (χ4n) is 7.42. The molecule has 0 unspecified atom stereocenters. The first kappa shape index (κ1) is 27.4. The Labute approximate surface area is 285 Å². The van der Waals surface area contributed by atoms with E-state index in [9.17, 15) is 0 Å². The van der Waals surface area contributed by atoms with Crippen LogP contribution in [0, 0.1) is 0 Å². The van der Waals surface area contributed by atoms with E-state index < -0.39 is 0 Å². The normalized spacial score (nSPS) is 11.8. The quantitative estimate of drug-likeness (QED) is 0.178. The van der Waals surface area contributed by atoms with Crippen molar-refractivity contribution in [1.82, 2.24) is 9.97 Å². The Bertz CT molecular complexity index is 2810. The zero-order valence-corrected chi connectivity index (χ0v) is 27.4. The molecule has 3 heterocycles. The summed E-state index contributed by atoms with van der Waals surface area (Å²) >= 11 is 3.56. The molecule has 0 amide bonds. The van der Waals surface area contributed by atoms with E-state index in [0.717, 1.165) is 38.6 Å². The number of rotatable bonds is 4. The third kappa shape index (κ3) is 4.17. The molecule has 10 rings (SSSR count). The lowest BCUT2D eigenvalue weighted by molar-refractivity contribution is 1.31. The Morgan fingerprint density at radius 3 is 1.67 bits per heavy atom. The lowest BCUT2D eigenvalue weighted by atomic mass is 9.83. The highest BCUT2D eigenvalue weighted by Gasteiger charge is 2.24. The number of thiophene rings is 2. The summed E-state index contributed by atoms with van der Waals surface area (Å²) in [6, 6.07) is 50.3. The number of fused-ring (bicyclic) bond motifs is 8. The van der Waals surface area contributed by atoms with E-state index in [4.69, 9.17) is 9.97 Å². The van der Waals surface area contributed by atoms with Crippen LogP contribution >= 0.6 is 22.7 Å². The van der Waals surface area contributed by atoms with Crippen molar-refractivity contribution in [2.45, 2.75) is 0 Å². The van der Waals surface area contributed by atoms with Crippen LogP contribution in [0.25, 0.3) is 97.4 Å². The van der Waals surface area contributed by atoms with Crippen molar-refractivity contribution in [2.24, 2.45) is 0 Å². The Kier molecular flexibility index (Phi) is 6.26. The van der Waals surface area contributed by atoms with Gasteiger partial charge in [0, 0.05) is 42.1 Å². The van der Waals surface area contributed by atoms with Gasteiger partial charge in [-0.05, 0) is 73.6 Å². The van der Waals surface area contributed by atoms with Crippen LogP contribution in [0.4, 0.5) is 0 Å². The van der Waals surface area contributed by atoms with Crippen LogP contribution < -0.4 is 0 Å². The number of aromatic nitrogens is 2. The average molecular weight is 647 g/mol. The van der Waals surface area contributed by atoms with Gasteiger partial charge in [-0.15, -0.1) is 22.7 Å². The summed E-state index contributed by atoms with van der Waals surface area (Å²) in [5.74, 6) is 0. The maximum atomic E-state index is 5.61. The van der Waals surface area contributed by atoms with Crippen molar-refractivity contribution in [3.63, 3.8) is 0 Å². The van der Waals surface area contributed by atoms with Crippen LogP contribution in [0.5, 0.6) is 0 Å². The van der Waals surface area contributed by atoms with E-state index in [1.54, 1.807) is 22.7 Å². The van der Waals surface area contributed by atoms with Crippen molar-refractivity contribution < 1.29 is 0 Å². The summed E-state index contributed by atoms with van der Waals surface area (Å²) in [5.41, 5.74) is 10.9. The van der Waals surface area contributed by atoms with E-state index >= 15 is 0 Å². The molecule has 4 heteroatoms. The van der Waals surface area contributed by atoms with Crippen LogP contribution in [0.1, 0.15) is 0 Å². The van der Waals surface area contributed by atoms with Crippen LogP contribution in [-0.2, 0) is 0 Å². The van der Waals surface area contributed by atoms with E-state index in [2.05, 4.69) is 150 Å². The number of benzene rings is 7. The number of nitrogens with zero attached hydrogens (tertiary/aromatic N) is 2. The van der Waals surface area contributed by atoms with Gasteiger partial charge in [-0.25, -0.2) is 4.98 Å². The predicted octanol–water partition coefficient (Wildman–Crippen LogP) is 13.0. The summed E-state index contributed by atoms with van der Waals surface area (Å²) < 4.78 is 2.54. The molecule has 0 aliphatic heterocycles. The molecule has 224 valence electrons. The third-order valence-electron chi connectivity index (χ3n) is 9.52. The highest BCUT2D eigenvalue weighted by molar-refractivity contribution is 7.17. The van der Waals surface area contributed by atoms with Gasteiger partial charge in [0.1, 0.15) is 0 Å². The maximum absolute atomic E-state index is 5.61. The molecule has 0 N–H and O–H groups in total. The maximum Gasteiger partial charge on any atom is 0.0979 e. The highest BCUT2D eigenvalue weighted by atomic mass is 32.1. The van der Waals surface area contributed by atoms with Gasteiger partial charge in [0.05, 0.1) is 22.9 Å². The minimum Gasteiger partial charge on any atom is -0.252 e. The first-order chi connectivity index (χ1) is 23.8. The van der Waals surface area contributed by atoms with Gasteiger partial charge in [-0.1, -0.05) is 115 Å². The predicted molar refractivity (Wildman–Crippen MR) is 207 cm³/mol. The van der Waals surface area contributed by atoms with Gasteiger partial charge in [0.25, 0.3) is 0 Å². The van der Waals surface area contributed by atoms with Crippen LogP contribution in [0.2, 0.25) is 0 Å². The van der Waals surface area contributed by atoms with Gasteiger partial charge in [-0.2, -0.15) is 0 Å². The molecule has 0 saturated carbocycles. The summed E-state index contributed by atoms with van der Waals surface area (Å²) in [6.45, 7) is 0. The van der Waals surface area contributed by atoms with Gasteiger partial charge < -0.3 is 0 Å². The fourth-order valence-corrected chi connectivity index (χ4v) is 9.04. The molecule has 0 bridgehead atoms. The average Bonchev–Trinajstić information content (AvgIpc) is 3.85. The van der Waals surface area contributed by atoms with Crippen molar-refractivity contribution >= 4 is 75.4 Å². The number of hydrogen-bond donors (Lipinski definition) is 0. The molecule has 0 saturated heterocycles. The first-order valence-corrected chi connectivity index (χ1v) is 17.8. The molecule has 0 aliphatic rings.